The monoisotopic (exact) mass is 410 g/mol. The van der Waals surface area contributed by atoms with Gasteiger partial charge >= 0.3 is 0 Å². The molecule has 7 nitrogen and oxygen atoms in total. The van der Waals surface area contributed by atoms with E-state index in [2.05, 4.69) is 4.98 Å². The van der Waals surface area contributed by atoms with Crippen LogP contribution in [-0.2, 0) is 14.3 Å². The number of benzene rings is 1. The summed E-state index contributed by atoms with van der Waals surface area (Å²) in [5.74, 6) is -0.870. The fraction of sp³-hybridized carbons (Fsp3) is 0.348. The lowest BCUT2D eigenvalue weighted by atomic mass is 9.96. The van der Waals surface area contributed by atoms with E-state index in [0.717, 1.165) is 6.42 Å². The van der Waals surface area contributed by atoms with Crippen molar-refractivity contribution in [3.8, 4) is 5.75 Å². The van der Waals surface area contributed by atoms with Gasteiger partial charge in [0.05, 0.1) is 18.2 Å². The molecule has 1 aliphatic heterocycles. The summed E-state index contributed by atoms with van der Waals surface area (Å²) in [5, 5.41) is 11.0. The molecule has 3 rings (SSSR count). The van der Waals surface area contributed by atoms with Crippen molar-refractivity contribution in [2.45, 2.75) is 25.8 Å². The first-order chi connectivity index (χ1) is 14.6. The molecule has 0 aliphatic carbocycles. The quantitative estimate of drug-likeness (QED) is 0.295. The van der Waals surface area contributed by atoms with Crippen molar-refractivity contribution in [2.24, 2.45) is 0 Å². The molecule has 1 N–H and O–H groups in total. The van der Waals surface area contributed by atoms with Gasteiger partial charge in [0, 0.05) is 38.2 Å². The average Bonchev–Trinajstić information content (AvgIpc) is 3.03. The number of amides is 1. The van der Waals surface area contributed by atoms with E-state index < -0.39 is 17.7 Å². The molecule has 2 heterocycles. The van der Waals surface area contributed by atoms with Gasteiger partial charge in [-0.05, 0) is 48.7 Å². The van der Waals surface area contributed by atoms with Gasteiger partial charge < -0.3 is 19.5 Å². The van der Waals surface area contributed by atoms with Crippen LogP contribution in [0, 0.1) is 0 Å². The molecule has 0 radical (unpaired) electrons. The van der Waals surface area contributed by atoms with Gasteiger partial charge in [-0.25, -0.2) is 0 Å². The van der Waals surface area contributed by atoms with E-state index in [1.54, 1.807) is 55.9 Å². The second kappa shape index (κ2) is 10.0. The van der Waals surface area contributed by atoms with Crippen LogP contribution < -0.4 is 4.74 Å². The highest BCUT2D eigenvalue weighted by atomic mass is 16.5. The lowest BCUT2D eigenvalue weighted by Gasteiger charge is -2.25. The number of hydrogen-bond donors (Lipinski definition) is 1. The van der Waals surface area contributed by atoms with Crippen molar-refractivity contribution in [3.63, 3.8) is 0 Å². The lowest BCUT2D eigenvalue weighted by molar-refractivity contribution is -0.140. The fourth-order valence-corrected chi connectivity index (χ4v) is 3.46. The number of methoxy groups -OCH3 is 1. The molecule has 0 bridgehead atoms. The van der Waals surface area contributed by atoms with E-state index in [4.69, 9.17) is 9.47 Å². The number of ether oxygens (including phenoxy) is 2. The van der Waals surface area contributed by atoms with E-state index in [9.17, 15) is 14.7 Å². The normalized spacial score (nSPS) is 18.1. The van der Waals surface area contributed by atoms with Gasteiger partial charge in [0.15, 0.2) is 0 Å². The SMILES string of the molecule is CCCOc1ccc(/C(O)=C2\C(=O)C(=O)N(CCCOC)[C@H]2c2cccnc2)cc1. The highest BCUT2D eigenvalue weighted by Crippen LogP contribution is 2.39. The molecule has 1 fully saturated rings. The summed E-state index contributed by atoms with van der Waals surface area (Å²) in [6, 6.07) is 9.66. The van der Waals surface area contributed by atoms with Crippen LogP contribution in [0.25, 0.3) is 5.76 Å². The summed E-state index contributed by atoms with van der Waals surface area (Å²) in [4.78, 5) is 31.2. The number of carbonyl (C=O) groups excluding carboxylic acids is 2. The molecular weight excluding hydrogens is 384 g/mol. The number of carbonyl (C=O) groups is 2. The van der Waals surface area contributed by atoms with Crippen LogP contribution in [0.15, 0.2) is 54.4 Å². The number of hydrogen-bond acceptors (Lipinski definition) is 6. The van der Waals surface area contributed by atoms with E-state index in [1.165, 1.54) is 4.90 Å². The molecule has 1 aromatic carbocycles. The summed E-state index contributed by atoms with van der Waals surface area (Å²) in [6.07, 6.45) is 4.69. The first-order valence-corrected chi connectivity index (χ1v) is 9.99. The van der Waals surface area contributed by atoms with Crippen LogP contribution in [0.5, 0.6) is 5.75 Å². The first kappa shape index (κ1) is 21.5. The number of nitrogens with zero attached hydrogens (tertiary/aromatic N) is 2. The number of aliphatic hydroxyl groups is 1. The molecule has 1 amide bonds. The van der Waals surface area contributed by atoms with Gasteiger partial charge in [-0.15, -0.1) is 0 Å². The van der Waals surface area contributed by atoms with Crippen LogP contribution >= 0.6 is 0 Å². The van der Waals surface area contributed by atoms with Crippen molar-refractivity contribution >= 4 is 17.4 Å². The van der Waals surface area contributed by atoms with Gasteiger partial charge in [0.1, 0.15) is 11.5 Å². The average molecular weight is 410 g/mol. The zero-order chi connectivity index (χ0) is 21.5. The standard InChI is InChI=1S/C23H26N2O5/c1-3-13-30-18-9-7-16(8-10-18)21(26)19-20(17-6-4-11-24-15-17)25(12-5-14-29-2)23(28)22(19)27/h4,6-11,15,20,26H,3,5,12-14H2,1-2H3/b21-19+/t20-/m0/s1. The Morgan fingerprint density at radius 2 is 1.93 bits per heavy atom. The topological polar surface area (TPSA) is 89.0 Å². The molecular formula is C23H26N2O5. The Morgan fingerprint density at radius 3 is 2.57 bits per heavy atom. The highest BCUT2D eigenvalue weighted by molar-refractivity contribution is 6.46. The minimum atomic E-state index is -0.704. The molecule has 1 aliphatic rings. The minimum absolute atomic E-state index is 0.0626. The van der Waals surface area contributed by atoms with Crippen molar-refractivity contribution in [1.82, 2.24) is 9.88 Å². The predicted octanol–water partition coefficient (Wildman–Crippen LogP) is 3.33. The molecule has 2 aromatic rings. The number of rotatable bonds is 9. The van der Waals surface area contributed by atoms with Crippen LogP contribution in [0.2, 0.25) is 0 Å². The summed E-state index contributed by atoms with van der Waals surface area (Å²) in [5.41, 5.74) is 1.17. The molecule has 158 valence electrons. The molecule has 30 heavy (non-hydrogen) atoms. The fourth-order valence-electron chi connectivity index (χ4n) is 3.46. The van der Waals surface area contributed by atoms with Crippen LogP contribution in [0.4, 0.5) is 0 Å². The van der Waals surface area contributed by atoms with Gasteiger partial charge in [0.25, 0.3) is 11.7 Å². The van der Waals surface area contributed by atoms with E-state index in [0.29, 0.717) is 43.1 Å². The van der Waals surface area contributed by atoms with Gasteiger partial charge in [0.2, 0.25) is 0 Å². The van der Waals surface area contributed by atoms with Gasteiger partial charge in [-0.2, -0.15) is 0 Å². The summed E-state index contributed by atoms with van der Waals surface area (Å²) in [6.45, 7) is 3.41. The molecule has 7 heteroatoms. The van der Waals surface area contributed by atoms with Crippen LogP contribution in [0.3, 0.4) is 0 Å². The molecule has 0 spiro atoms. The number of Topliss-reactive ketones (excluding diaryl/α,β-unsaturated/α-hetero) is 1. The number of aliphatic hydroxyl groups excluding tert-OH is 1. The van der Waals surface area contributed by atoms with Crippen LogP contribution in [-0.4, -0.2) is 53.5 Å². The Labute approximate surface area is 175 Å². The van der Waals surface area contributed by atoms with Crippen molar-refractivity contribution < 1.29 is 24.2 Å². The zero-order valence-corrected chi connectivity index (χ0v) is 17.2. The van der Waals surface area contributed by atoms with E-state index in [1.807, 2.05) is 6.92 Å². The Hall–Kier alpha value is -3.19. The Kier molecular flexibility index (Phi) is 7.19. The van der Waals surface area contributed by atoms with E-state index >= 15 is 0 Å². The van der Waals surface area contributed by atoms with Crippen LogP contribution in [0.1, 0.15) is 36.9 Å². The Bertz CT molecular complexity index is 909. The summed E-state index contributed by atoms with van der Waals surface area (Å²) >= 11 is 0. The van der Waals surface area contributed by atoms with Crippen molar-refractivity contribution in [1.29, 1.82) is 0 Å². The number of likely N-dealkylation sites (tertiary alicyclic amines) is 1. The number of pyridine rings is 1. The lowest BCUT2D eigenvalue weighted by Crippen LogP contribution is -2.31. The third-order valence-electron chi connectivity index (χ3n) is 4.89. The maximum atomic E-state index is 12.9. The van der Waals surface area contributed by atoms with Gasteiger partial charge in [-0.3, -0.25) is 14.6 Å². The largest absolute Gasteiger partial charge is 0.507 e. The van der Waals surface area contributed by atoms with E-state index in [-0.39, 0.29) is 11.3 Å². The van der Waals surface area contributed by atoms with Crippen molar-refractivity contribution in [2.75, 3.05) is 26.9 Å². The smallest absolute Gasteiger partial charge is 0.295 e. The zero-order valence-electron chi connectivity index (χ0n) is 17.2. The molecule has 1 aromatic heterocycles. The second-order valence-electron chi connectivity index (χ2n) is 7.00. The second-order valence-corrected chi connectivity index (χ2v) is 7.00. The highest BCUT2D eigenvalue weighted by Gasteiger charge is 2.45. The predicted molar refractivity (Wildman–Crippen MR) is 112 cm³/mol. The maximum absolute atomic E-state index is 12.9. The molecule has 0 unspecified atom stereocenters. The Balaban J connectivity index is 2.00. The minimum Gasteiger partial charge on any atom is -0.507 e. The molecule has 1 saturated heterocycles. The molecule has 1 atom stereocenters. The third kappa shape index (κ3) is 4.52. The van der Waals surface area contributed by atoms with Crippen molar-refractivity contribution in [3.05, 3.63) is 65.5 Å². The maximum Gasteiger partial charge on any atom is 0.295 e. The third-order valence-corrected chi connectivity index (χ3v) is 4.89. The number of ketones is 1. The first-order valence-electron chi connectivity index (χ1n) is 9.99. The summed E-state index contributed by atoms with van der Waals surface area (Å²) in [7, 11) is 1.58. The Morgan fingerprint density at radius 1 is 1.17 bits per heavy atom. The number of aromatic nitrogens is 1. The summed E-state index contributed by atoms with van der Waals surface area (Å²) < 4.78 is 10.6. The molecule has 0 saturated carbocycles. The van der Waals surface area contributed by atoms with Gasteiger partial charge in [-0.1, -0.05) is 13.0 Å².